The zero-order chi connectivity index (χ0) is 20.4. The van der Waals surface area contributed by atoms with Crippen LogP contribution in [0.4, 0.5) is 5.69 Å². The van der Waals surface area contributed by atoms with E-state index in [-0.39, 0.29) is 0 Å². The summed E-state index contributed by atoms with van der Waals surface area (Å²) in [5.41, 5.74) is 6.19. The molecule has 1 fully saturated rings. The van der Waals surface area contributed by atoms with Gasteiger partial charge in [0, 0.05) is 51.7 Å². The van der Waals surface area contributed by atoms with Crippen LogP contribution in [0.3, 0.4) is 0 Å². The quantitative estimate of drug-likeness (QED) is 0.661. The largest absolute Gasteiger partial charge is 0.437 e. The Morgan fingerprint density at radius 2 is 1.83 bits per heavy atom. The minimum atomic E-state index is 0.733. The molecule has 0 saturated carbocycles. The summed E-state index contributed by atoms with van der Waals surface area (Å²) in [4.78, 5) is 9.13. The van der Waals surface area contributed by atoms with Crippen molar-refractivity contribution in [2.24, 2.45) is 7.05 Å². The molecule has 0 N–H and O–H groups in total. The van der Waals surface area contributed by atoms with Crippen molar-refractivity contribution < 1.29 is 4.74 Å². The van der Waals surface area contributed by atoms with Crippen molar-refractivity contribution >= 4 is 5.69 Å². The molecule has 6 heteroatoms. The first-order valence-electron chi connectivity index (χ1n) is 10.2. The van der Waals surface area contributed by atoms with E-state index >= 15 is 0 Å². The van der Waals surface area contributed by atoms with Crippen molar-refractivity contribution in [2.45, 2.75) is 27.3 Å². The van der Waals surface area contributed by atoms with Gasteiger partial charge in [0.25, 0.3) is 0 Å². The molecule has 4 rings (SSSR count). The van der Waals surface area contributed by atoms with Crippen molar-refractivity contribution in [3.05, 3.63) is 65.1 Å². The van der Waals surface area contributed by atoms with E-state index in [9.17, 15) is 0 Å². The van der Waals surface area contributed by atoms with E-state index < -0.39 is 0 Å². The molecule has 1 aromatic carbocycles. The Labute approximate surface area is 172 Å². The maximum absolute atomic E-state index is 6.12. The number of piperazine rings is 1. The fourth-order valence-corrected chi connectivity index (χ4v) is 3.94. The molecule has 0 unspecified atom stereocenters. The van der Waals surface area contributed by atoms with Gasteiger partial charge < -0.3 is 9.64 Å². The number of aromatic nitrogens is 3. The molecule has 3 heterocycles. The lowest BCUT2D eigenvalue weighted by atomic mass is 10.1. The molecule has 1 aliphatic heterocycles. The van der Waals surface area contributed by atoms with Crippen LogP contribution in [-0.2, 0) is 13.6 Å². The molecule has 1 aliphatic rings. The van der Waals surface area contributed by atoms with Crippen molar-refractivity contribution in [1.82, 2.24) is 19.7 Å². The van der Waals surface area contributed by atoms with Crippen LogP contribution < -0.4 is 9.64 Å². The minimum absolute atomic E-state index is 0.733. The van der Waals surface area contributed by atoms with Gasteiger partial charge in [0.1, 0.15) is 5.75 Å². The van der Waals surface area contributed by atoms with E-state index in [0.717, 1.165) is 55.6 Å². The summed E-state index contributed by atoms with van der Waals surface area (Å²) in [6.45, 7) is 11.4. The monoisotopic (exact) mass is 391 g/mol. The first kappa shape index (κ1) is 19.5. The zero-order valence-electron chi connectivity index (χ0n) is 17.7. The fraction of sp³-hybridized carbons (Fsp3) is 0.391. The van der Waals surface area contributed by atoms with E-state index in [4.69, 9.17) is 4.74 Å². The Kier molecular flexibility index (Phi) is 5.53. The first-order valence-corrected chi connectivity index (χ1v) is 10.2. The molecular formula is C23H29N5O. The number of rotatable bonds is 5. The maximum atomic E-state index is 6.12. The van der Waals surface area contributed by atoms with E-state index in [1.165, 1.54) is 16.8 Å². The average molecular weight is 392 g/mol. The highest BCUT2D eigenvalue weighted by Gasteiger charge is 2.23. The maximum Gasteiger partial charge on any atom is 0.222 e. The molecule has 2 aromatic heterocycles. The SMILES string of the molecule is Cc1ccc(C)c(N2CCN(Cc3c(C)nn(C)c3Oc3cccnc3)CC2)c1. The van der Waals surface area contributed by atoms with Gasteiger partial charge in [-0.25, -0.2) is 4.68 Å². The van der Waals surface area contributed by atoms with Crippen molar-refractivity contribution in [1.29, 1.82) is 0 Å². The molecule has 0 amide bonds. The Hall–Kier alpha value is -2.86. The average Bonchev–Trinajstić information content (AvgIpc) is 2.98. The van der Waals surface area contributed by atoms with Crippen molar-refractivity contribution in [3.8, 4) is 11.6 Å². The summed E-state index contributed by atoms with van der Waals surface area (Å²) < 4.78 is 7.95. The van der Waals surface area contributed by atoms with Crippen LogP contribution in [-0.4, -0.2) is 45.8 Å². The smallest absolute Gasteiger partial charge is 0.222 e. The molecule has 6 nitrogen and oxygen atoms in total. The van der Waals surface area contributed by atoms with Gasteiger partial charge in [0.15, 0.2) is 0 Å². The normalized spacial score (nSPS) is 15.0. The van der Waals surface area contributed by atoms with Gasteiger partial charge in [0.2, 0.25) is 5.88 Å². The summed E-state index contributed by atoms with van der Waals surface area (Å²) >= 11 is 0. The Bertz CT molecular complexity index is 974. The van der Waals surface area contributed by atoms with Gasteiger partial charge in [-0.3, -0.25) is 9.88 Å². The van der Waals surface area contributed by atoms with E-state index in [1.807, 2.05) is 23.9 Å². The lowest BCUT2D eigenvalue weighted by molar-refractivity contribution is 0.246. The summed E-state index contributed by atoms with van der Waals surface area (Å²) in [6.07, 6.45) is 3.48. The number of pyridine rings is 1. The highest BCUT2D eigenvalue weighted by atomic mass is 16.5. The van der Waals surface area contributed by atoms with Crippen LogP contribution in [0.15, 0.2) is 42.7 Å². The highest BCUT2D eigenvalue weighted by molar-refractivity contribution is 5.55. The van der Waals surface area contributed by atoms with Gasteiger partial charge in [0.05, 0.1) is 17.5 Å². The van der Waals surface area contributed by atoms with E-state index in [2.05, 4.69) is 58.9 Å². The molecule has 0 bridgehead atoms. The van der Waals surface area contributed by atoms with Crippen molar-refractivity contribution in [2.75, 3.05) is 31.1 Å². The van der Waals surface area contributed by atoms with Crippen LogP contribution in [0.25, 0.3) is 0 Å². The van der Waals surface area contributed by atoms with Gasteiger partial charge in [-0.1, -0.05) is 12.1 Å². The minimum Gasteiger partial charge on any atom is -0.437 e. The third-order valence-electron chi connectivity index (χ3n) is 5.60. The standard InChI is InChI=1S/C23H29N5O/c1-17-7-8-18(2)22(14-17)28-12-10-27(11-13-28)16-21-19(3)25-26(4)23(21)29-20-6-5-9-24-15-20/h5-9,14-15H,10-13,16H2,1-4H3. The number of aryl methyl sites for hydroxylation is 4. The van der Waals surface area contributed by atoms with Crippen LogP contribution in [0.1, 0.15) is 22.4 Å². The Balaban J connectivity index is 1.45. The molecule has 0 atom stereocenters. The Morgan fingerprint density at radius 1 is 1.03 bits per heavy atom. The Morgan fingerprint density at radius 3 is 2.55 bits per heavy atom. The van der Waals surface area contributed by atoms with Crippen LogP contribution in [0.2, 0.25) is 0 Å². The second-order valence-corrected chi connectivity index (χ2v) is 7.84. The van der Waals surface area contributed by atoms with Crippen LogP contribution in [0, 0.1) is 20.8 Å². The fourth-order valence-electron chi connectivity index (χ4n) is 3.94. The third kappa shape index (κ3) is 4.27. The predicted octanol–water partition coefficient (Wildman–Crippen LogP) is 3.85. The molecular weight excluding hydrogens is 362 g/mol. The molecule has 3 aromatic rings. The van der Waals surface area contributed by atoms with Gasteiger partial charge in [-0.2, -0.15) is 5.10 Å². The second-order valence-electron chi connectivity index (χ2n) is 7.84. The van der Waals surface area contributed by atoms with Crippen molar-refractivity contribution in [3.63, 3.8) is 0 Å². The number of ether oxygens (including phenoxy) is 1. The number of benzene rings is 1. The van der Waals surface area contributed by atoms with E-state index in [0.29, 0.717) is 0 Å². The topological polar surface area (TPSA) is 46.4 Å². The summed E-state index contributed by atoms with van der Waals surface area (Å²) in [5.74, 6) is 1.53. The van der Waals surface area contributed by atoms with Gasteiger partial charge in [-0.05, 0) is 50.1 Å². The zero-order valence-corrected chi connectivity index (χ0v) is 17.7. The molecule has 0 radical (unpaired) electrons. The number of anilines is 1. The van der Waals surface area contributed by atoms with Gasteiger partial charge >= 0.3 is 0 Å². The highest BCUT2D eigenvalue weighted by Crippen LogP contribution is 2.29. The molecule has 29 heavy (non-hydrogen) atoms. The lowest BCUT2D eigenvalue weighted by Crippen LogP contribution is -2.46. The van der Waals surface area contributed by atoms with Gasteiger partial charge in [-0.15, -0.1) is 0 Å². The number of nitrogens with zero attached hydrogens (tertiary/aromatic N) is 5. The molecule has 0 spiro atoms. The summed E-state index contributed by atoms with van der Waals surface area (Å²) in [6, 6.07) is 10.5. The molecule has 1 saturated heterocycles. The summed E-state index contributed by atoms with van der Waals surface area (Å²) in [5, 5.41) is 4.59. The first-order chi connectivity index (χ1) is 14.0. The van der Waals surface area contributed by atoms with E-state index in [1.54, 1.807) is 12.4 Å². The molecule has 152 valence electrons. The van der Waals surface area contributed by atoms with Crippen LogP contribution >= 0.6 is 0 Å². The van der Waals surface area contributed by atoms with Crippen LogP contribution in [0.5, 0.6) is 11.6 Å². The second kappa shape index (κ2) is 8.25. The predicted molar refractivity (Wildman–Crippen MR) is 116 cm³/mol. The summed E-state index contributed by atoms with van der Waals surface area (Å²) in [7, 11) is 1.93. The lowest BCUT2D eigenvalue weighted by Gasteiger charge is -2.37. The number of hydrogen-bond acceptors (Lipinski definition) is 5. The number of hydrogen-bond donors (Lipinski definition) is 0. The molecule has 0 aliphatic carbocycles. The third-order valence-corrected chi connectivity index (χ3v) is 5.60.